The molecule has 0 radical (unpaired) electrons. The molecule has 3 aromatic rings. The third-order valence-corrected chi connectivity index (χ3v) is 6.23. The quantitative estimate of drug-likeness (QED) is 0.659. The number of aryl methyl sites for hydroxylation is 1. The fourth-order valence-electron chi connectivity index (χ4n) is 3.32. The summed E-state index contributed by atoms with van der Waals surface area (Å²) in [7, 11) is 0. The first-order valence-corrected chi connectivity index (χ1v) is 9.85. The molecule has 0 unspecified atom stereocenters. The maximum absolute atomic E-state index is 6.70. The van der Waals surface area contributed by atoms with Crippen LogP contribution in [0.2, 0.25) is 0 Å². The van der Waals surface area contributed by atoms with Gasteiger partial charge in [0.25, 0.3) is 0 Å². The van der Waals surface area contributed by atoms with Crippen LogP contribution in [0.1, 0.15) is 42.1 Å². The molecule has 4 nitrogen and oxygen atoms in total. The minimum absolute atomic E-state index is 0.630. The van der Waals surface area contributed by atoms with E-state index >= 15 is 0 Å². The highest BCUT2D eigenvalue weighted by atomic mass is 35.5. The van der Waals surface area contributed by atoms with Crippen LogP contribution in [0, 0.1) is 0 Å². The van der Waals surface area contributed by atoms with E-state index in [9.17, 15) is 0 Å². The van der Waals surface area contributed by atoms with Gasteiger partial charge in [-0.25, -0.2) is 4.68 Å². The molecule has 3 aromatic heterocycles. The summed E-state index contributed by atoms with van der Waals surface area (Å²) in [6.45, 7) is 0.713. The average molecular weight is 369 g/mol. The predicted octanol–water partition coefficient (Wildman–Crippen LogP) is 4.88. The second kappa shape index (κ2) is 6.07. The third kappa shape index (κ3) is 2.92. The molecule has 3 heterocycles. The first-order valence-electron chi connectivity index (χ1n) is 8.59. The van der Waals surface area contributed by atoms with E-state index in [2.05, 4.69) is 46.2 Å². The zero-order chi connectivity index (χ0) is 16.8. The van der Waals surface area contributed by atoms with Gasteiger partial charge in [-0.05, 0) is 54.8 Å². The Hall–Kier alpha value is -1.98. The van der Waals surface area contributed by atoms with Crippen molar-refractivity contribution in [3.63, 3.8) is 0 Å². The summed E-state index contributed by atoms with van der Waals surface area (Å²) < 4.78 is 1.92. The molecule has 2 aliphatic carbocycles. The van der Waals surface area contributed by atoms with E-state index in [1.807, 2.05) is 4.68 Å². The fraction of sp³-hybridized carbons (Fsp3) is 0.316. The fourth-order valence-corrected chi connectivity index (χ4v) is 4.35. The van der Waals surface area contributed by atoms with Gasteiger partial charge in [-0.1, -0.05) is 22.9 Å². The van der Waals surface area contributed by atoms with E-state index in [4.69, 9.17) is 16.6 Å². The summed E-state index contributed by atoms with van der Waals surface area (Å²) in [6.07, 6.45) is 6.40. The number of aromatic nitrogens is 4. The molecule has 0 aromatic carbocycles. The van der Waals surface area contributed by atoms with Crippen molar-refractivity contribution in [1.29, 1.82) is 0 Å². The standard InChI is InChI=1S/C19H17ClN4S/c20-19-13(10-24-11-17(22-23-24)12-3-4-12)5-7-15-14(19)6-8-16(21-15)18-2-1-9-25-18/h1-2,6,8-9,11-12H,3-5,7,10H2. The van der Waals surface area contributed by atoms with E-state index in [0.717, 1.165) is 40.5 Å². The minimum Gasteiger partial charge on any atom is -0.251 e. The molecular weight excluding hydrogens is 352 g/mol. The highest BCUT2D eigenvalue weighted by Gasteiger charge is 2.27. The third-order valence-electron chi connectivity index (χ3n) is 4.86. The zero-order valence-corrected chi connectivity index (χ0v) is 15.2. The molecule has 1 fully saturated rings. The molecule has 5 rings (SSSR count). The molecule has 25 heavy (non-hydrogen) atoms. The van der Waals surface area contributed by atoms with Gasteiger partial charge in [-0.2, -0.15) is 0 Å². The summed E-state index contributed by atoms with van der Waals surface area (Å²) in [5.74, 6) is 0.630. The van der Waals surface area contributed by atoms with Gasteiger partial charge >= 0.3 is 0 Å². The van der Waals surface area contributed by atoms with Gasteiger partial charge in [-0.3, -0.25) is 4.98 Å². The van der Waals surface area contributed by atoms with Crippen LogP contribution in [-0.2, 0) is 13.0 Å². The van der Waals surface area contributed by atoms with Crippen molar-refractivity contribution in [2.75, 3.05) is 0 Å². The topological polar surface area (TPSA) is 43.6 Å². The van der Waals surface area contributed by atoms with E-state index < -0.39 is 0 Å². The van der Waals surface area contributed by atoms with Crippen LogP contribution in [0.5, 0.6) is 0 Å². The van der Waals surface area contributed by atoms with Crippen molar-refractivity contribution in [1.82, 2.24) is 20.0 Å². The Morgan fingerprint density at radius 1 is 1.20 bits per heavy atom. The van der Waals surface area contributed by atoms with E-state index in [-0.39, 0.29) is 0 Å². The Bertz CT molecular complexity index is 954. The van der Waals surface area contributed by atoms with Crippen molar-refractivity contribution in [3.8, 4) is 10.6 Å². The second-order valence-electron chi connectivity index (χ2n) is 6.70. The monoisotopic (exact) mass is 368 g/mol. The number of hydrogen-bond donors (Lipinski definition) is 0. The van der Waals surface area contributed by atoms with Crippen LogP contribution in [0.15, 0.2) is 41.4 Å². The average Bonchev–Trinajstić information content (AvgIpc) is 3.14. The SMILES string of the molecule is ClC1=C(Cn2cc(C3CC3)nn2)CCc2nc(-c3cccs3)ccc21. The zero-order valence-electron chi connectivity index (χ0n) is 13.7. The normalized spacial score (nSPS) is 17.0. The van der Waals surface area contributed by atoms with E-state index in [1.165, 1.54) is 23.3 Å². The maximum Gasteiger partial charge on any atom is 0.0858 e. The molecular formula is C19H17ClN4S. The lowest BCUT2D eigenvalue weighted by molar-refractivity contribution is 0.622. The molecule has 126 valence electrons. The lowest BCUT2D eigenvalue weighted by atomic mass is 9.95. The number of halogens is 1. The molecule has 0 spiro atoms. The van der Waals surface area contributed by atoms with Crippen LogP contribution in [0.3, 0.4) is 0 Å². The first-order chi connectivity index (χ1) is 12.3. The highest BCUT2D eigenvalue weighted by Crippen LogP contribution is 2.39. The molecule has 0 bridgehead atoms. The maximum atomic E-state index is 6.70. The number of thiophene rings is 1. The van der Waals surface area contributed by atoms with E-state index in [1.54, 1.807) is 11.3 Å². The molecule has 0 saturated heterocycles. The number of nitrogens with zero attached hydrogens (tertiary/aromatic N) is 4. The van der Waals surface area contributed by atoms with Crippen molar-refractivity contribution in [2.24, 2.45) is 0 Å². The molecule has 2 aliphatic rings. The number of hydrogen-bond acceptors (Lipinski definition) is 4. The predicted molar refractivity (Wildman–Crippen MR) is 101 cm³/mol. The minimum atomic E-state index is 0.630. The van der Waals surface area contributed by atoms with Crippen LogP contribution in [0.4, 0.5) is 0 Å². The summed E-state index contributed by atoms with van der Waals surface area (Å²) in [5.41, 5.74) is 5.52. The van der Waals surface area contributed by atoms with Crippen molar-refractivity contribution < 1.29 is 0 Å². The largest absolute Gasteiger partial charge is 0.251 e. The lowest BCUT2D eigenvalue weighted by Gasteiger charge is -2.19. The molecule has 0 atom stereocenters. The van der Waals surface area contributed by atoms with Gasteiger partial charge in [0.1, 0.15) is 0 Å². The van der Waals surface area contributed by atoms with Gasteiger partial charge in [0.15, 0.2) is 0 Å². The number of pyridine rings is 1. The Labute approximate surface area is 155 Å². The van der Waals surface area contributed by atoms with Gasteiger partial charge < -0.3 is 0 Å². The molecule has 0 amide bonds. The summed E-state index contributed by atoms with van der Waals surface area (Å²) in [5, 5.41) is 11.5. The Balaban J connectivity index is 1.43. The number of fused-ring (bicyclic) bond motifs is 1. The second-order valence-corrected chi connectivity index (χ2v) is 8.03. The van der Waals surface area contributed by atoms with Crippen LogP contribution in [-0.4, -0.2) is 20.0 Å². The van der Waals surface area contributed by atoms with Crippen LogP contribution in [0.25, 0.3) is 15.6 Å². The molecule has 0 aliphatic heterocycles. The van der Waals surface area contributed by atoms with Crippen molar-refractivity contribution in [2.45, 2.75) is 38.1 Å². The van der Waals surface area contributed by atoms with Crippen LogP contribution >= 0.6 is 22.9 Å². The lowest BCUT2D eigenvalue weighted by Crippen LogP contribution is -2.10. The summed E-state index contributed by atoms with van der Waals surface area (Å²) in [6, 6.07) is 8.33. The number of allylic oxidation sites excluding steroid dienone is 1. The molecule has 0 N–H and O–H groups in total. The highest BCUT2D eigenvalue weighted by molar-refractivity contribution is 7.13. The Morgan fingerprint density at radius 2 is 2.12 bits per heavy atom. The first kappa shape index (κ1) is 15.3. The number of rotatable bonds is 4. The Morgan fingerprint density at radius 3 is 2.92 bits per heavy atom. The molecule has 6 heteroatoms. The van der Waals surface area contributed by atoms with Crippen molar-refractivity contribution >= 4 is 28.0 Å². The van der Waals surface area contributed by atoms with Gasteiger partial charge in [0.2, 0.25) is 0 Å². The van der Waals surface area contributed by atoms with Gasteiger partial charge in [0, 0.05) is 17.7 Å². The van der Waals surface area contributed by atoms with E-state index in [0.29, 0.717) is 12.5 Å². The van der Waals surface area contributed by atoms with Crippen LogP contribution < -0.4 is 0 Å². The van der Waals surface area contributed by atoms with Crippen molar-refractivity contribution in [3.05, 3.63) is 58.4 Å². The summed E-state index contributed by atoms with van der Waals surface area (Å²) >= 11 is 8.42. The Kier molecular flexibility index (Phi) is 3.71. The van der Waals surface area contributed by atoms with Gasteiger partial charge in [0.05, 0.1) is 33.5 Å². The smallest absolute Gasteiger partial charge is 0.0858 e. The summed E-state index contributed by atoms with van der Waals surface area (Å²) in [4.78, 5) is 6.04. The molecule has 1 saturated carbocycles. The van der Waals surface area contributed by atoms with Gasteiger partial charge in [-0.15, -0.1) is 16.4 Å².